The zero-order chi connectivity index (χ0) is 13.5. The number of rotatable bonds is 8. The fraction of sp³-hybridized carbons (Fsp3) is 0.867. The number of allylic oxidation sites excluding steroid dienone is 1. The van der Waals surface area contributed by atoms with Gasteiger partial charge in [-0.05, 0) is 29.5 Å². The molecule has 1 nitrogen and oxygen atoms in total. The number of hydrogen-bond acceptors (Lipinski definition) is 1. The SMILES string of the molecule is CCCC/C=C/O[Si](C(C)C)(C(C)C)C(C)C. The van der Waals surface area contributed by atoms with Gasteiger partial charge in [0.05, 0.1) is 6.26 Å². The second-order valence-electron chi connectivity index (χ2n) is 5.95. The van der Waals surface area contributed by atoms with E-state index in [-0.39, 0.29) is 0 Å². The van der Waals surface area contributed by atoms with Crippen LogP contribution in [0.5, 0.6) is 0 Å². The molecular formula is C15H32OSi. The van der Waals surface area contributed by atoms with Crippen LogP contribution in [0.15, 0.2) is 12.3 Å². The Morgan fingerprint density at radius 1 is 0.941 bits per heavy atom. The van der Waals surface area contributed by atoms with Gasteiger partial charge in [0.25, 0.3) is 8.32 Å². The maximum Gasteiger partial charge on any atom is 0.257 e. The average Bonchev–Trinajstić information content (AvgIpc) is 2.21. The van der Waals surface area contributed by atoms with Gasteiger partial charge in [-0.1, -0.05) is 61.0 Å². The van der Waals surface area contributed by atoms with E-state index in [1.165, 1.54) is 12.8 Å². The lowest BCUT2D eigenvalue weighted by Crippen LogP contribution is -2.46. The van der Waals surface area contributed by atoms with Crippen LogP contribution in [0.4, 0.5) is 0 Å². The molecule has 0 aliphatic carbocycles. The first-order valence-electron chi connectivity index (χ1n) is 7.22. The molecule has 0 saturated carbocycles. The molecule has 0 aromatic heterocycles. The first kappa shape index (κ1) is 16.8. The summed E-state index contributed by atoms with van der Waals surface area (Å²) in [5.74, 6) is 0. The van der Waals surface area contributed by atoms with Crippen molar-refractivity contribution < 1.29 is 4.43 Å². The average molecular weight is 257 g/mol. The zero-order valence-electron chi connectivity index (χ0n) is 12.9. The third-order valence-corrected chi connectivity index (χ3v) is 9.76. The highest BCUT2D eigenvalue weighted by Crippen LogP contribution is 2.42. The Bertz CT molecular complexity index is 197. The normalized spacial score (nSPS) is 13.3. The molecule has 0 aromatic carbocycles. The topological polar surface area (TPSA) is 9.23 Å². The van der Waals surface area contributed by atoms with Crippen LogP contribution in [0, 0.1) is 0 Å². The first-order chi connectivity index (χ1) is 7.89. The molecule has 0 amide bonds. The molecule has 2 heteroatoms. The summed E-state index contributed by atoms with van der Waals surface area (Å²) in [6, 6.07) is 0. The van der Waals surface area contributed by atoms with Gasteiger partial charge in [-0.25, -0.2) is 0 Å². The Hall–Kier alpha value is -0.243. The van der Waals surface area contributed by atoms with E-state index >= 15 is 0 Å². The van der Waals surface area contributed by atoms with Crippen molar-refractivity contribution in [1.82, 2.24) is 0 Å². The molecule has 17 heavy (non-hydrogen) atoms. The van der Waals surface area contributed by atoms with Crippen LogP contribution in [0.25, 0.3) is 0 Å². The Morgan fingerprint density at radius 2 is 1.41 bits per heavy atom. The van der Waals surface area contributed by atoms with E-state index in [1.54, 1.807) is 0 Å². The monoisotopic (exact) mass is 256 g/mol. The van der Waals surface area contributed by atoms with Crippen LogP contribution >= 0.6 is 0 Å². The van der Waals surface area contributed by atoms with Gasteiger partial charge in [0.2, 0.25) is 0 Å². The Labute approximate surface area is 110 Å². The van der Waals surface area contributed by atoms with E-state index in [0.717, 1.165) is 6.42 Å². The van der Waals surface area contributed by atoms with Gasteiger partial charge >= 0.3 is 0 Å². The van der Waals surface area contributed by atoms with Crippen molar-refractivity contribution in [3.63, 3.8) is 0 Å². The van der Waals surface area contributed by atoms with Crippen molar-refractivity contribution in [2.45, 2.75) is 84.4 Å². The highest BCUT2D eigenvalue weighted by atomic mass is 28.4. The molecule has 0 heterocycles. The highest BCUT2D eigenvalue weighted by molar-refractivity contribution is 6.77. The molecule has 0 fully saturated rings. The Kier molecular flexibility index (Phi) is 7.85. The lowest BCUT2D eigenvalue weighted by Gasteiger charge is -2.41. The van der Waals surface area contributed by atoms with Crippen LogP contribution in [0.2, 0.25) is 16.6 Å². The van der Waals surface area contributed by atoms with Crippen LogP contribution in [0.1, 0.15) is 67.7 Å². The van der Waals surface area contributed by atoms with Crippen molar-refractivity contribution in [2.24, 2.45) is 0 Å². The van der Waals surface area contributed by atoms with Crippen LogP contribution in [-0.2, 0) is 4.43 Å². The van der Waals surface area contributed by atoms with Crippen molar-refractivity contribution >= 4 is 8.32 Å². The van der Waals surface area contributed by atoms with Crippen molar-refractivity contribution in [3.05, 3.63) is 12.3 Å². The molecule has 102 valence electrons. The van der Waals surface area contributed by atoms with E-state index in [4.69, 9.17) is 4.43 Å². The van der Waals surface area contributed by atoms with Crippen molar-refractivity contribution in [2.75, 3.05) is 0 Å². The minimum atomic E-state index is -1.67. The molecule has 0 bridgehead atoms. The Balaban J connectivity index is 4.64. The van der Waals surface area contributed by atoms with Crippen molar-refractivity contribution in [3.8, 4) is 0 Å². The molecule has 0 atom stereocenters. The molecule has 0 N–H and O–H groups in total. The second-order valence-corrected chi connectivity index (χ2v) is 11.4. The summed E-state index contributed by atoms with van der Waals surface area (Å²) >= 11 is 0. The van der Waals surface area contributed by atoms with Gasteiger partial charge < -0.3 is 4.43 Å². The third kappa shape index (κ3) is 4.49. The third-order valence-electron chi connectivity index (χ3n) is 3.80. The van der Waals surface area contributed by atoms with Crippen LogP contribution < -0.4 is 0 Å². The quantitative estimate of drug-likeness (QED) is 0.299. The van der Waals surface area contributed by atoms with Crippen LogP contribution in [-0.4, -0.2) is 8.32 Å². The molecule has 0 unspecified atom stereocenters. The molecule has 0 aromatic rings. The summed E-state index contributed by atoms with van der Waals surface area (Å²) in [6.07, 6.45) is 7.88. The van der Waals surface area contributed by atoms with Gasteiger partial charge in [0.15, 0.2) is 0 Å². The van der Waals surface area contributed by atoms with E-state index in [1.807, 2.05) is 6.26 Å². The molecule has 0 rings (SSSR count). The van der Waals surface area contributed by atoms with E-state index in [2.05, 4.69) is 54.5 Å². The summed E-state index contributed by atoms with van der Waals surface area (Å²) in [4.78, 5) is 0. The minimum Gasteiger partial charge on any atom is -0.548 e. The Morgan fingerprint density at radius 3 is 1.76 bits per heavy atom. The maximum absolute atomic E-state index is 6.32. The molecule has 0 aliphatic rings. The van der Waals surface area contributed by atoms with Gasteiger partial charge in [-0.15, -0.1) is 0 Å². The van der Waals surface area contributed by atoms with Gasteiger partial charge in [-0.2, -0.15) is 0 Å². The first-order valence-corrected chi connectivity index (χ1v) is 9.36. The highest BCUT2D eigenvalue weighted by Gasteiger charge is 2.46. The summed E-state index contributed by atoms with van der Waals surface area (Å²) in [6.45, 7) is 16.2. The summed E-state index contributed by atoms with van der Waals surface area (Å²) < 4.78 is 6.32. The van der Waals surface area contributed by atoms with Gasteiger partial charge in [-0.3, -0.25) is 0 Å². The summed E-state index contributed by atoms with van der Waals surface area (Å²) in [5.41, 5.74) is 2.00. The van der Waals surface area contributed by atoms with E-state index in [0.29, 0.717) is 16.6 Å². The largest absolute Gasteiger partial charge is 0.548 e. The summed E-state index contributed by atoms with van der Waals surface area (Å²) in [7, 11) is -1.67. The second kappa shape index (κ2) is 7.96. The predicted octanol–water partition coefficient (Wildman–Crippen LogP) is 5.88. The fourth-order valence-corrected chi connectivity index (χ4v) is 8.11. The van der Waals surface area contributed by atoms with Crippen molar-refractivity contribution in [1.29, 1.82) is 0 Å². The van der Waals surface area contributed by atoms with Crippen LogP contribution in [0.3, 0.4) is 0 Å². The zero-order valence-corrected chi connectivity index (χ0v) is 13.9. The smallest absolute Gasteiger partial charge is 0.257 e. The molecule has 0 saturated heterocycles. The predicted molar refractivity (Wildman–Crippen MR) is 80.8 cm³/mol. The molecule has 0 radical (unpaired) electrons. The molecule has 0 spiro atoms. The van der Waals surface area contributed by atoms with Gasteiger partial charge in [0, 0.05) is 0 Å². The number of hydrogen-bond donors (Lipinski definition) is 0. The van der Waals surface area contributed by atoms with E-state index in [9.17, 15) is 0 Å². The lowest BCUT2D eigenvalue weighted by molar-refractivity contribution is 0.414. The summed E-state index contributed by atoms with van der Waals surface area (Å²) in [5, 5.41) is 0. The minimum absolute atomic E-state index is 0.665. The standard InChI is InChI=1S/C15H32OSi/c1-8-9-10-11-12-16-17(13(2)3,14(4)5)15(6)7/h11-15H,8-10H2,1-7H3/b12-11+. The molecule has 0 aliphatic heterocycles. The lowest BCUT2D eigenvalue weighted by atomic mass is 10.2. The maximum atomic E-state index is 6.32. The number of unbranched alkanes of at least 4 members (excludes halogenated alkanes) is 2. The van der Waals surface area contributed by atoms with E-state index < -0.39 is 8.32 Å². The molecular weight excluding hydrogens is 224 g/mol. The van der Waals surface area contributed by atoms with Gasteiger partial charge in [0.1, 0.15) is 0 Å². The fourth-order valence-electron chi connectivity index (χ4n) is 2.96.